The predicted molar refractivity (Wildman–Crippen MR) is 96.3 cm³/mol. The molecule has 1 amide bonds. The molecule has 2 N–H and O–H groups in total. The Balaban J connectivity index is 1.93. The second kappa shape index (κ2) is 8.53. The highest BCUT2D eigenvalue weighted by Crippen LogP contribution is 2.30. The highest BCUT2D eigenvalue weighted by atomic mass is 32.2. The van der Waals surface area contributed by atoms with Crippen LogP contribution in [0, 0.1) is 0 Å². The molecule has 0 spiro atoms. The number of benzene rings is 2. The fourth-order valence-electron chi connectivity index (χ4n) is 2.23. The number of Topliss-reactive ketones (excluding diaryl/α,β-unsaturated/α-hetero) is 1. The maximum Gasteiger partial charge on any atom is 0.416 e. The molecule has 0 aliphatic heterocycles. The molecule has 28 heavy (non-hydrogen) atoms. The van der Waals surface area contributed by atoms with Crippen molar-refractivity contribution in [2.24, 2.45) is 0 Å². The summed E-state index contributed by atoms with van der Waals surface area (Å²) in [5.74, 6) is -0.621. The van der Waals surface area contributed by atoms with Crippen LogP contribution in [0.15, 0.2) is 53.4 Å². The van der Waals surface area contributed by atoms with Crippen LogP contribution in [-0.2, 0) is 21.0 Å². The average molecular weight is 414 g/mol. The summed E-state index contributed by atoms with van der Waals surface area (Å²) in [5.41, 5.74) is -0.176. The van der Waals surface area contributed by atoms with Gasteiger partial charge in [0.1, 0.15) is 0 Å². The molecule has 0 heterocycles. The standard InChI is InChI=1S/C18H17F3N2O4S/c1-12(24)13-5-7-15(8-6-13)23-17(25)9-10-22-28(26,27)16-4-2-3-14(11-16)18(19,20)21/h2-8,11,22H,9-10H2,1H3,(H,23,25). The van der Waals surface area contributed by atoms with Crippen molar-refractivity contribution in [2.45, 2.75) is 24.4 Å². The summed E-state index contributed by atoms with van der Waals surface area (Å²) < 4.78 is 64.4. The van der Waals surface area contributed by atoms with Crippen LogP contribution in [0.3, 0.4) is 0 Å². The lowest BCUT2D eigenvalue weighted by Gasteiger charge is -2.10. The molecule has 10 heteroatoms. The fraction of sp³-hybridized carbons (Fsp3) is 0.222. The molecule has 2 aromatic carbocycles. The number of anilines is 1. The van der Waals surface area contributed by atoms with E-state index in [9.17, 15) is 31.2 Å². The Morgan fingerprint density at radius 2 is 1.68 bits per heavy atom. The summed E-state index contributed by atoms with van der Waals surface area (Å²) >= 11 is 0. The maximum absolute atomic E-state index is 12.7. The van der Waals surface area contributed by atoms with Gasteiger partial charge in [-0.15, -0.1) is 0 Å². The minimum absolute atomic E-state index is 0.123. The second-order valence-corrected chi connectivity index (χ2v) is 7.62. The molecule has 0 fully saturated rings. The Hall–Kier alpha value is -2.72. The molecule has 0 aliphatic rings. The van der Waals surface area contributed by atoms with Crippen molar-refractivity contribution in [3.63, 3.8) is 0 Å². The second-order valence-electron chi connectivity index (χ2n) is 5.86. The van der Waals surface area contributed by atoms with E-state index in [1.165, 1.54) is 31.2 Å². The van der Waals surface area contributed by atoms with E-state index in [1.807, 2.05) is 0 Å². The van der Waals surface area contributed by atoms with E-state index < -0.39 is 32.6 Å². The van der Waals surface area contributed by atoms with E-state index in [2.05, 4.69) is 10.0 Å². The number of hydrogen-bond donors (Lipinski definition) is 2. The summed E-state index contributed by atoms with van der Waals surface area (Å²) in [5, 5.41) is 2.53. The number of rotatable bonds is 7. The summed E-state index contributed by atoms with van der Waals surface area (Å²) in [4.78, 5) is 22.5. The van der Waals surface area contributed by atoms with Crippen LogP contribution in [0.4, 0.5) is 18.9 Å². The number of amides is 1. The van der Waals surface area contributed by atoms with Gasteiger partial charge >= 0.3 is 6.18 Å². The normalized spacial score (nSPS) is 11.9. The lowest BCUT2D eigenvalue weighted by molar-refractivity contribution is -0.137. The minimum atomic E-state index is -4.66. The van der Waals surface area contributed by atoms with Crippen molar-refractivity contribution in [2.75, 3.05) is 11.9 Å². The summed E-state index contributed by atoms with van der Waals surface area (Å²) in [6, 6.07) is 9.46. The molecule has 0 atom stereocenters. The Kier molecular flexibility index (Phi) is 6.57. The van der Waals surface area contributed by atoms with Gasteiger partial charge in [-0.05, 0) is 49.4 Å². The van der Waals surface area contributed by atoms with E-state index in [0.717, 1.165) is 18.2 Å². The summed E-state index contributed by atoms with van der Waals surface area (Å²) in [7, 11) is -4.19. The number of sulfonamides is 1. The summed E-state index contributed by atoms with van der Waals surface area (Å²) in [6.45, 7) is 1.11. The van der Waals surface area contributed by atoms with Gasteiger partial charge in [0, 0.05) is 24.2 Å². The number of carbonyl (C=O) groups excluding carboxylic acids is 2. The van der Waals surface area contributed by atoms with Crippen LogP contribution < -0.4 is 10.0 Å². The Morgan fingerprint density at radius 1 is 1.04 bits per heavy atom. The van der Waals surface area contributed by atoms with Crippen molar-refractivity contribution in [3.8, 4) is 0 Å². The average Bonchev–Trinajstić information content (AvgIpc) is 2.61. The monoisotopic (exact) mass is 414 g/mol. The van der Waals surface area contributed by atoms with Crippen LogP contribution in [0.1, 0.15) is 29.3 Å². The van der Waals surface area contributed by atoms with Crippen molar-refractivity contribution in [3.05, 3.63) is 59.7 Å². The van der Waals surface area contributed by atoms with Crippen LogP contribution in [0.25, 0.3) is 0 Å². The van der Waals surface area contributed by atoms with Crippen molar-refractivity contribution < 1.29 is 31.2 Å². The molecule has 0 aliphatic carbocycles. The van der Waals surface area contributed by atoms with Gasteiger partial charge in [0.15, 0.2) is 5.78 Å². The van der Waals surface area contributed by atoms with Gasteiger partial charge in [-0.3, -0.25) is 9.59 Å². The lowest BCUT2D eigenvalue weighted by atomic mass is 10.1. The first-order valence-corrected chi connectivity index (χ1v) is 9.55. The predicted octanol–water partition coefficient (Wildman–Crippen LogP) is 3.22. The third kappa shape index (κ3) is 5.89. The van der Waals surface area contributed by atoms with Gasteiger partial charge in [-0.1, -0.05) is 6.07 Å². The van der Waals surface area contributed by atoms with Crippen LogP contribution >= 0.6 is 0 Å². The molecule has 6 nitrogen and oxygen atoms in total. The van der Waals surface area contributed by atoms with Gasteiger partial charge in [-0.2, -0.15) is 13.2 Å². The first-order chi connectivity index (χ1) is 13.0. The fourth-order valence-corrected chi connectivity index (χ4v) is 3.31. The van der Waals surface area contributed by atoms with Gasteiger partial charge in [-0.25, -0.2) is 13.1 Å². The van der Waals surface area contributed by atoms with E-state index in [-0.39, 0.29) is 18.7 Å². The number of hydrogen-bond acceptors (Lipinski definition) is 4. The molecule has 0 aromatic heterocycles. The number of halogens is 3. The van der Waals surface area contributed by atoms with Gasteiger partial charge < -0.3 is 5.32 Å². The molecule has 0 unspecified atom stereocenters. The molecule has 2 aromatic rings. The van der Waals surface area contributed by atoms with E-state index in [1.54, 1.807) is 0 Å². The smallest absolute Gasteiger partial charge is 0.326 e. The van der Waals surface area contributed by atoms with Crippen molar-refractivity contribution in [1.29, 1.82) is 0 Å². The zero-order chi connectivity index (χ0) is 20.9. The van der Waals surface area contributed by atoms with E-state index >= 15 is 0 Å². The molecule has 0 radical (unpaired) electrons. The Morgan fingerprint density at radius 3 is 2.25 bits per heavy atom. The summed E-state index contributed by atoms with van der Waals surface area (Å²) in [6.07, 6.45) is -4.89. The molecular weight excluding hydrogens is 397 g/mol. The molecule has 0 bridgehead atoms. The van der Waals surface area contributed by atoms with Gasteiger partial charge in [0.2, 0.25) is 15.9 Å². The molecule has 2 rings (SSSR count). The third-order valence-corrected chi connectivity index (χ3v) is 5.15. The first kappa shape index (κ1) is 21.6. The molecular formula is C18H17F3N2O4S. The number of carbonyl (C=O) groups is 2. The maximum atomic E-state index is 12.7. The molecule has 0 saturated carbocycles. The topological polar surface area (TPSA) is 92.3 Å². The quantitative estimate of drug-likeness (QED) is 0.681. The van der Waals surface area contributed by atoms with Crippen molar-refractivity contribution in [1.82, 2.24) is 4.72 Å². The van der Waals surface area contributed by atoms with Crippen LogP contribution in [0.5, 0.6) is 0 Å². The molecule has 150 valence electrons. The Labute approximate surface area is 159 Å². The number of alkyl halides is 3. The number of nitrogens with one attached hydrogen (secondary N) is 2. The number of ketones is 1. The Bertz CT molecular complexity index is 971. The molecule has 0 saturated heterocycles. The lowest BCUT2D eigenvalue weighted by Crippen LogP contribution is -2.28. The van der Waals surface area contributed by atoms with Crippen LogP contribution in [0.2, 0.25) is 0 Å². The SMILES string of the molecule is CC(=O)c1ccc(NC(=O)CCNS(=O)(=O)c2cccc(C(F)(F)F)c2)cc1. The highest BCUT2D eigenvalue weighted by molar-refractivity contribution is 7.89. The largest absolute Gasteiger partial charge is 0.416 e. The van der Waals surface area contributed by atoms with Gasteiger partial charge in [0.25, 0.3) is 0 Å². The minimum Gasteiger partial charge on any atom is -0.326 e. The highest BCUT2D eigenvalue weighted by Gasteiger charge is 2.31. The zero-order valence-electron chi connectivity index (χ0n) is 14.7. The van der Waals surface area contributed by atoms with Crippen LogP contribution in [-0.4, -0.2) is 26.7 Å². The zero-order valence-corrected chi connectivity index (χ0v) is 15.5. The van der Waals surface area contributed by atoms with Gasteiger partial charge in [0.05, 0.1) is 10.5 Å². The third-order valence-electron chi connectivity index (χ3n) is 3.69. The van der Waals surface area contributed by atoms with E-state index in [4.69, 9.17) is 0 Å². The van der Waals surface area contributed by atoms with Crippen molar-refractivity contribution >= 4 is 27.4 Å². The van der Waals surface area contributed by atoms with E-state index in [0.29, 0.717) is 17.3 Å². The first-order valence-electron chi connectivity index (χ1n) is 8.07.